The highest BCUT2D eigenvalue weighted by atomic mass is 32.2. The Morgan fingerprint density at radius 3 is 2.89 bits per heavy atom. The first-order valence-electron chi connectivity index (χ1n) is 6.46. The Morgan fingerprint density at radius 1 is 1.42 bits per heavy atom. The zero-order valence-corrected chi connectivity index (χ0v) is 11.9. The molecule has 106 valence electrons. The van der Waals surface area contributed by atoms with Crippen molar-refractivity contribution in [3.8, 4) is 0 Å². The van der Waals surface area contributed by atoms with Crippen molar-refractivity contribution in [1.82, 2.24) is 0 Å². The molecule has 2 rings (SSSR count). The van der Waals surface area contributed by atoms with E-state index in [9.17, 15) is 8.42 Å². The van der Waals surface area contributed by atoms with E-state index in [1.54, 1.807) is 0 Å². The zero-order valence-electron chi connectivity index (χ0n) is 11.1. The molecule has 0 aromatic heterocycles. The third-order valence-electron chi connectivity index (χ3n) is 3.17. The molecule has 0 saturated heterocycles. The highest BCUT2D eigenvalue weighted by molar-refractivity contribution is 7.92. The highest BCUT2D eigenvalue weighted by Crippen LogP contribution is 2.28. The van der Waals surface area contributed by atoms with Crippen LogP contribution in [0.25, 0.3) is 0 Å². The van der Waals surface area contributed by atoms with Crippen molar-refractivity contribution >= 4 is 15.7 Å². The molecule has 1 aliphatic rings. The van der Waals surface area contributed by atoms with E-state index in [1.807, 2.05) is 31.2 Å². The maximum Gasteiger partial charge on any atom is 0.237 e. The van der Waals surface area contributed by atoms with Crippen LogP contribution in [-0.2, 0) is 21.2 Å². The van der Waals surface area contributed by atoms with Crippen molar-refractivity contribution < 1.29 is 13.2 Å². The number of para-hydroxylation sites is 1. The number of hydrogen-bond acceptors (Lipinski definition) is 4. The summed E-state index contributed by atoms with van der Waals surface area (Å²) in [5.74, 6) is -0.0120. The second-order valence-corrected chi connectivity index (χ2v) is 6.65. The van der Waals surface area contributed by atoms with Crippen LogP contribution in [-0.4, -0.2) is 40.0 Å². The Labute approximate surface area is 114 Å². The molecule has 5 nitrogen and oxygen atoms in total. The van der Waals surface area contributed by atoms with Gasteiger partial charge in [-0.3, -0.25) is 4.31 Å². The zero-order chi connectivity index (χ0) is 13.9. The van der Waals surface area contributed by atoms with Crippen molar-refractivity contribution in [2.45, 2.75) is 19.4 Å². The largest absolute Gasteiger partial charge is 0.381 e. The summed E-state index contributed by atoms with van der Waals surface area (Å²) in [5.41, 5.74) is 7.69. The van der Waals surface area contributed by atoms with Gasteiger partial charge in [-0.1, -0.05) is 18.2 Å². The van der Waals surface area contributed by atoms with Crippen LogP contribution in [0.2, 0.25) is 0 Å². The second-order valence-electron chi connectivity index (χ2n) is 4.64. The number of anilines is 1. The lowest BCUT2D eigenvalue weighted by Crippen LogP contribution is -2.47. The SMILES string of the molecule is CCOCCS(=O)(=O)N1CC(N)Cc2ccccc21. The Bertz CT molecular complexity index is 530. The number of ether oxygens (including phenoxy) is 1. The maximum absolute atomic E-state index is 12.4. The smallest absolute Gasteiger partial charge is 0.237 e. The van der Waals surface area contributed by atoms with Crippen molar-refractivity contribution in [3.63, 3.8) is 0 Å². The van der Waals surface area contributed by atoms with Gasteiger partial charge in [0.1, 0.15) is 0 Å². The van der Waals surface area contributed by atoms with E-state index >= 15 is 0 Å². The molecule has 0 bridgehead atoms. The predicted molar refractivity (Wildman–Crippen MR) is 75.7 cm³/mol. The molecule has 0 amide bonds. The van der Waals surface area contributed by atoms with Gasteiger partial charge in [0.05, 0.1) is 18.0 Å². The summed E-state index contributed by atoms with van der Waals surface area (Å²) in [6.07, 6.45) is 0.716. The van der Waals surface area contributed by atoms with Gasteiger partial charge in [0.25, 0.3) is 0 Å². The number of nitrogens with zero attached hydrogens (tertiary/aromatic N) is 1. The van der Waals surface area contributed by atoms with Crippen molar-refractivity contribution in [2.75, 3.05) is 29.8 Å². The van der Waals surface area contributed by atoms with E-state index in [0.29, 0.717) is 19.6 Å². The summed E-state index contributed by atoms with van der Waals surface area (Å²) >= 11 is 0. The lowest BCUT2D eigenvalue weighted by molar-refractivity contribution is 0.163. The summed E-state index contributed by atoms with van der Waals surface area (Å²) in [6, 6.07) is 7.36. The molecule has 1 aromatic carbocycles. The molecule has 19 heavy (non-hydrogen) atoms. The van der Waals surface area contributed by atoms with Crippen molar-refractivity contribution in [3.05, 3.63) is 29.8 Å². The van der Waals surface area contributed by atoms with Gasteiger partial charge in [-0.05, 0) is 25.0 Å². The van der Waals surface area contributed by atoms with Gasteiger partial charge in [-0.2, -0.15) is 0 Å². The first-order valence-corrected chi connectivity index (χ1v) is 8.07. The molecule has 1 unspecified atom stereocenters. The fourth-order valence-corrected chi connectivity index (χ4v) is 3.71. The molecule has 2 N–H and O–H groups in total. The minimum atomic E-state index is -3.37. The molecular formula is C13H20N2O3S. The number of sulfonamides is 1. The standard InChI is InChI=1S/C13H20N2O3S/c1-2-18-7-8-19(16,17)15-10-12(14)9-11-5-3-4-6-13(11)15/h3-6,12H,2,7-10,14H2,1H3. The summed E-state index contributed by atoms with van der Waals surface area (Å²) in [4.78, 5) is 0. The van der Waals surface area contributed by atoms with Crippen LogP contribution in [0.1, 0.15) is 12.5 Å². The van der Waals surface area contributed by atoms with Crippen LogP contribution in [0.5, 0.6) is 0 Å². The maximum atomic E-state index is 12.4. The first kappa shape index (κ1) is 14.3. The molecule has 1 aromatic rings. The Morgan fingerprint density at radius 2 is 2.16 bits per heavy atom. The van der Waals surface area contributed by atoms with E-state index in [4.69, 9.17) is 10.5 Å². The van der Waals surface area contributed by atoms with Crippen LogP contribution in [0.4, 0.5) is 5.69 Å². The number of hydrogen-bond donors (Lipinski definition) is 1. The Kier molecular flexibility index (Phi) is 4.44. The van der Waals surface area contributed by atoms with Gasteiger partial charge in [0, 0.05) is 19.2 Å². The van der Waals surface area contributed by atoms with Gasteiger partial charge in [0.2, 0.25) is 10.0 Å². The van der Waals surface area contributed by atoms with Crippen molar-refractivity contribution in [1.29, 1.82) is 0 Å². The van der Waals surface area contributed by atoms with Crippen LogP contribution in [0, 0.1) is 0 Å². The second kappa shape index (κ2) is 5.90. The molecule has 6 heteroatoms. The molecule has 1 aliphatic heterocycles. The lowest BCUT2D eigenvalue weighted by Gasteiger charge is -2.33. The summed E-state index contributed by atoms with van der Waals surface area (Å²) in [6.45, 7) is 2.92. The predicted octanol–water partition coefficient (Wildman–Crippen LogP) is 0.743. The van der Waals surface area contributed by atoms with E-state index in [0.717, 1.165) is 11.3 Å². The molecule has 0 aliphatic carbocycles. The third kappa shape index (κ3) is 3.26. The fourth-order valence-electron chi connectivity index (χ4n) is 2.27. The van der Waals surface area contributed by atoms with E-state index in [1.165, 1.54) is 4.31 Å². The van der Waals surface area contributed by atoms with Crippen LogP contribution in [0.3, 0.4) is 0 Å². The first-order chi connectivity index (χ1) is 9.04. The van der Waals surface area contributed by atoms with Gasteiger partial charge in [-0.25, -0.2) is 8.42 Å². The molecule has 1 atom stereocenters. The summed E-state index contributed by atoms with van der Waals surface area (Å²) < 4.78 is 31.3. The average Bonchev–Trinajstić information content (AvgIpc) is 2.38. The molecule has 0 radical (unpaired) electrons. The third-order valence-corrected chi connectivity index (χ3v) is 4.87. The van der Waals surface area contributed by atoms with Gasteiger partial charge in [0.15, 0.2) is 0 Å². The van der Waals surface area contributed by atoms with Crippen LogP contribution < -0.4 is 10.0 Å². The monoisotopic (exact) mass is 284 g/mol. The minimum Gasteiger partial charge on any atom is -0.381 e. The van der Waals surface area contributed by atoms with E-state index in [2.05, 4.69) is 0 Å². The topological polar surface area (TPSA) is 72.6 Å². The normalized spacial score (nSPS) is 19.3. The van der Waals surface area contributed by atoms with Gasteiger partial charge in [-0.15, -0.1) is 0 Å². The van der Waals surface area contributed by atoms with E-state index in [-0.39, 0.29) is 18.4 Å². The van der Waals surface area contributed by atoms with Crippen molar-refractivity contribution in [2.24, 2.45) is 5.73 Å². The van der Waals surface area contributed by atoms with Crippen LogP contribution in [0.15, 0.2) is 24.3 Å². The molecule has 0 fully saturated rings. The quantitative estimate of drug-likeness (QED) is 0.810. The fraction of sp³-hybridized carbons (Fsp3) is 0.538. The Hall–Kier alpha value is -1.11. The molecular weight excluding hydrogens is 264 g/mol. The molecule has 0 spiro atoms. The number of nitrogens with two attached hydrogens (primary N) is 1. The van der Waals surface area contributed by atoms with E-state index < -0.39 is 10.0 Å². The lowest BCUT2D eigenvalue weighted by atomic mass is 10.0. The van der Waals surface area contributed by atoms with Gasteiger partial charge >= 0.3 is 0 Å². The number of fused-ring (bicyclic) bond motifs is 1. The minimum absolute atomic E-state index is 0.0120. The van der Waals surface area contributed by atoms with Gasteiger partial charge < -0.3 is 10.5 Å². The summed E-state index contributed by atoms with van der Waals surface area (Å²) in [7, 11) is -3.37. The number of benzene rings is 1. The molecule has 0 saturated carbocycles. The highest BCUT2D eigenvalue weighted by Gasteiger charge is 2.30. The summed E-state index contributed by atoms with van der Waals surface area (Å²) in [5, 5.41) is 0. The number of rotatable bonds is 5. The average molecular weight is 284 g/mol. The Balaban J connectivity index is 2.24. The molecule has 1 heterocycles. The van der Waals surface area contributed by atoms with Crippen LogP contribution >= 0.6 is 0 Å².